The van der Waals surface area contributed by atoms with Crippen LogP contribution in [0.2, 0.25) is 0 Å². The fourth-order valence-corrected chi connectivity index (χ4v) is 3.37. The zero-order chi connectivity index (χ0) is 19.0. The summed E-state index contributed by atoms with van der Waals surface area (Å²) in [4.78, 5) is 23.0. The second-order valence-electron chi connectivity index (χ2n) is 6.82. The highest BCUT2D eigenvalue weighted by Crippen LogP contribution is 2.27. The minimum atomic E-state index is -0.0447. The Kier molecular flexibility index (Phi) is 4.46. The lowest BCUT2D eigenvalue weighted by atomic mass is 9.99. The van der Waals surface area contributed by atoms with Gasteiger partial charge in [0.25, 0.3) is 0 Å². The van der Waals surface area contributed by atoms with Crippen LogP contribution in [0, 0.1) is 19.8 Å². The first kappa shape index (κ1) is 17.4. The molecule has 1 fully saturated rings. The third-order valence-corrected chi connectivity index (χ3v) is 4.86. The van der Waals surface area contributed by atoms with Crippen LogP contribution in [0.15, 0.2) is 12.4 Å². The van der Waals surface area contributed by atoms with Crippen LogP contribution in [0.5, 0.6) is 0 Å². The van der Waals surface area contributed by atoms with Gasteiger partial charge >= 0.3 is 0 Å². The van der Waals surface area contributed by atoms with Crippen molar-refractivity contribution in [3.63, 3.8) is 0 Å². The number of fused-ring (bicyclic) bond motifs is 1. The van der Waals surface area contributed by atoms with E-state index in [4.69, 9.17) is 0 Å². The van der Waals surface area contributed by atoms with Crippen molar-refractivity contribution in [2.45, 2.75) is 33.9 Å². The molecule has 27 heavy (non-hydrogen) atoms. The van der Waals surface area contributed by atoms with Crippen LogP contribution in [0.3, 0.4) is 0 Å². The van der Waals surface area contributed by atoms with Gasteiger partial charge in [-0.05, 0) is 26.8 Å². The first-order chi connectivity index (χ1) is 13.1. The number of aromatic nitrogens is 7. The van der Waals surface area contributed by atoms with Crippen LogP contribution in [0.4, 0.5) is 5.82 Å². The average molecular weight is 369 g/mol. The third-order valence-electron chi connectivity index (χ3n) is 4.86. The van der Waals surface area contributed by atoms with E-state index in [9.17, 15) is 4.79 Å². The van der Waals surface area contributed by atoms with Crippen molar-refractivity contribution in [1.82, 2.24) is 40.1 Å². The Morgan fingerprint density at radius 3 is 2.78 bits per heavy atom. The van der Waals surface area contributed by atoms with E-state index in [0.29, 0.717) is 38.2 Å². The molecule has 0 spiro atoms. The maximum Gasteiger partial charge on any atom is 0.226 e. The van der Waals surface area contributed by atoms with Crippen molar-refractivity contribution in [3.8, 4) is 0 Å². The Morgan fingerprint density at radius 2 is 2.07 bits per heavy atom. The number of anilines is 1. The highest BCUT2D eigenvalue weighted by molar-refractivity contribution is 5.86. The third kappa shape index (κ3) is 3.22. The number of hydrogen-bond donors (Lipinski definition) is 1. The predicted octanol–water partition coefficient (Wildman–Crippen LogP) is 0.307. The quantitative estimate of drug-likeness (QED) is 0.666. The van der Waals surface area contributed by atoms with Crippen LogP contribution in [0.25, 0.3) is 11.2 Å². The van der Waals surface area contributed by atoms with Gasteiger partial charge in [-0.15, -0.1) is 5.10 Å². The highest BCUT2D eigenvalue weighted by atomic mass is 16.2. The Balaban J connectivity index is 1.32. The molecule has 0 aromatic carbocycles. The van der Waals surface area contributed by atoms with Crippen LogP contribution < -0.4 is 10.2 Å². The molecule has 3 aromatic heterocycles. The molecule has 0 aliphatic carbocycles. The number of aryl methyl sites for hydroxylation is 3. The van der Waals surface area contributed by atoms with Crippen molar-refractivity contribution in [2.75, 3.05) is 24.5 Å². The standard InChI is InChI=1S/C17H23N9O/c1-4-25-16-14(21-23-25)15(19-10-20-16)24-8-13(9-24)17(27)18-5-6-26-12(3)7-11(2)22-26/h7,10,13H,4-6,8-9H2,1-3H3,(H,18,27). The summed E-state index contributed by atoms with van der Waals surface area (Å²) in [5, 5.41) is 15.7. The van der Waals surface area contributed by atoms with Gasteiger partial charge in [-0.3, -0.25) is 9.48 Å². The van der Waals surface area contributed by atoms with Crippen molar-refractivity contribution in [2.24, 2.45) is 5.92 Å². The van der Waals surface area contributed by atoms with Gasteiger partial charge in [0.05, 0.1) is 18.2 Å². The van der Waals surface area contributed by atoms with E-state index >= 15 is 0 Å². The summed E-state index contributed by atoms with van der Waals surface area (Å²) in [6, 6.07) is 2.03. The smallest absolute Gasteiger partial charge is 0.226 e. The molecule has 1 aliphatic heterocycles. The highest BCUT2D eigenvalue weighted by Gasteiger charge is 2.35. The Morgan fingerprint density at radius 1 is 1.26 bits per heavy atom. The van der Waals surface area contributed by atoms with E-state index < -0.39 is 0 Å². The number of nitrogens with zero attached hydrogens (tertiary/aromatic N) is 8. The monoisotopic (exact) mass is 369 g/mol. The minimum absolute atomic E-state index is 0.0447. The molecule has 1 saturated heterocycles. The van der Waals surface area contributed by atoms with Crippen molar-refractivity contribution in [3.05, 3.63) is 23.8 Å². The van der Waals surface area contributed by atoms with E-state index in [-0.39, 0.29) is 11.8 Å². The minimum Gasteiger partial charge on any atom is -0.354 e. The van der Waals surface area contributed by atoms with Gasteiger partial charge in [-0.25, -0.2) is 14.6 Å². The number of carbonyl (C=O) groups is 1. The molecule has 0 atom stereocenters. The fraction of sp³-hybridized carbons (Fsp3) is 0.529. The number of amides is 1. The second kappa shape index (κ2) is 6.93. The van der Waals surface area contributed by atoms with Gasteiger partial charge in [-0.1, -0.05) is 5.21 Å². The molecule has 4 rings (SSSR count). The van der Waals surface area contributed by atoms with E-state index in [1.54, 1.807) is 4.68 Å². The van der Waals surface area contributed by atoms with Gasteiger partial charge in [0.2, 0.25) is 5.91 Å². The molecule has 1 aliphatic rings. The lowest BCUT2D eigenvalue weighted by Crippen LogP contribution is -2.54. The molecule has 0 bridgehead atoms. The summed E-state index contributed by atoms with van der Waals surface area (Å²) in [5.74, 6) is 0.762. The summed E-state index contributed by atoms with van der Waals surface area (Å²) in [6.45, 7) is 9.16. The normalized spacial score (nSPS) is 14.6. The lowest BCUT2D eigenvalue weighted by Gasteiger charge is -2.38. The number of nitrogens with one attached hydrogen (secondary N) is 1. The zero-order valence-corrected chi connectivity index (χ0v) is 15.8. The van der Waals surface area contributed by atoms with Crippen molar-refractivity contribution in [1.29, 1.82) is 0 Å². The molecule has 0 unspecified atom stereocenters. The van der Waals surface area contributed by atoms with Gasteiger partial charge in [0, 0.05) is 31.9 Å². The molecule has 10 heteroatoms. The summed E-state index contributed by atoms with van der Waals surface area (Å²) < 4.78 is 3.65. The second-order valence-corrected chi connectivity index (χ2v) is 6.82. The first-order valence-electron chi connectivity index (χ1n) is 9.14. The van der Waals surface area contributed by atoms with E-state index in [1.807, 2.05) is 36.4 Å². The molecular weight excluding hydrogens is 346 g/mol. The van der Waals surface area contributed by atoms with E-state index in [2.05, 4.69) is 30.7 Å². The zero-order valence-electron chi connectivity index (χ0n) is 15.8. The fourth-order valence-electron chi connectivity index (χ4n) is 3.37. The molecule has 1 amide bonds. The van der Waals surface area contributed by atoms with Gasteiger partial charge in [0.1, 0.15) is 6.33 Å². The molecule has 0 saturated carbocycles. The largest absolute Gasteiger partial charge is 0.354 e. The number of rotatable bonds is 6. The van der Waals surface area contributed by atoms with Crippen molar-refractivity contribution >= 4 is 22.9 Å². The van der Waals surface area contributed by atoms with Gasteiger partial charge in [0.15, 0.2) is 17.0 Å². The Bertz CT molecular complexity index is 970. The number of hydrogen-bond acceptors (Lipinski definition) is 7. The van der Waals surface area contributed by atoms with Crippen molar-refractivity contribution < 1.29 is 4.79 Å². The van der Waals surface area contributed by atoms with E-state index in [0.717, 1.165) is 22.9 Å². The first-order valence-corrected chi connectivity index (χ1v) is 9.14. The van der Waals surface area contributed by atoms with Crippen LogP contribution in [0.1, 0.15) is 18.3 Å². The maximum atomic E-state index is 12.4. The molecule has 4 heterocycles. The summed E-state index contributed by atoms with van der Waals surface area (Å²) in [5.41, 5.74) is 3.50. The Hall–Kier alpha value is -3.04. The molecule has 10 nitrogen and oxygen atoms in total. The van der Waals surface area contributed by atoms with Crippen LogP contribution in [-0.2, 0) is 17.9 Å². The van der Waals surface area contributed by atoms with Crippen LogP contribution in [-0.4, -0.2) is 60.3 Å². The summed E-state index contributed by atoms with van der Waals surface area (Å²) in [7, 11) is 0. The topological polar surface area (TPSA) is 107 Å². The van der Waals surface area contributed by atoms with Gasteiger partial charge < -0.3 is 10.2 Å². The SMILES string of the molecule is CCn1nnc2c(N3CC(C(=O)NCCn4nc(C)cc4C)C3)ncnc21. The van der Waals surface area contributed by atoms with Crippen LogP contribution >= 0.6 is 0 Å². The predicted molar refractivity (Wildman–Crippen MR) is 99.2 cm³/mol. The maximum absolute atomic E-state index is 12.4. The van der Waals surface area contributed by atoms with E-state index in [1.165, 1.54) is 6.33 Å². The molecule has 3 aromatic rings. The summed E-state index contributed by atoms with van der Waals surface area (Å²) in [6.07, 6.45) is 1.52. The summed E-state index contributed by atoms with van der Waals surface area (Å²) >= 11 is 0. The lowest BCUT2D eigenvalue weighted by molar-refractivity contribution is -0.125. The molecular formula is C17H23N9O. The molecule has 0 radical (unpaired) electrons. The number of carbonyl (C=O) groups excluding carboxylic acids is 1. The average Bonchev–Trinajstić information content (AvgIpc) is 3.16. The molecule has 1 N–H and O–H groups in total. The molecule has 142 valence electrons. The Labute approximate surface area is 156 Å². The van der Waals surface area contributed by atoms with Gasteiger partial charge in [-0.2, -0.15) is 5.10 Å².